The minimum atomic E-state index is -0.0336. The number of hydrogen-bond donors (Lipinski definition) is 0. The quantitative estimate of drug-likeness (QED) is 0.797. The van der Waals surface area contributed by atoms with Gasteiger partial charge in [-0.05, 0) is 49.9 Å². The summed E-state index contributed by atoms with van der Waals surface area (Å²) in [6.07, 6.45) is 2.37. The van der Waals surface area contributed by atoms with Crippen molar-refractivity contribution in [1.29, 1.82) is 0 Å². The third-order valence-electron chi connectivity index (χ3n) is 3.69. The van der Waals surface area contributed by atoms with Crippen LogP contribution in [0.15, 0.2) is 29.2 Å². The Balaban J connectivity index is 1.92. The van der Waals surface area contributed by atoms with Gasteiger partial charge < -0.3 is 9.64 Å². The number of rotatable bonds is 4. The predicted octanol–water partition coefficient (Wildman–Crippen LogP) is 3.43. The highest BCUT2D eigenvalue weighted by molar-refractivity contribution is 8.00. The molecule has 1 amide bonds. The van der Waals surface area contributed by atoms with Crippen molar-refractivity contribution in [2.75, 3.05) is 20.2 Å². The summed E-state index contributed by atoms with van der Waals surface area (Å²) in [4.78, 5) is 15.6. The van der Waals surface area contributed by atoms with E-state index in [-0.39, 0.29) is 11.2 Å². The third kappa shape index (κ3) is 3.92. The summed E-state index contributed by atoms with van der Waals surface area (Å²) in [6, 6.07) is 7.88. The number of thioether (sulfide) groups is 1. The summed E-state index contributed by atoms with van der Waals surface area (Å²) in [5.74, 6) is 1.74. The van der Waals surface area contributed by atoms with Gasteiger partial charge in [-0.3, -0.25) is 4.79 Å². The molecule has 1 aromatic rings. The van der Waals surface area contributed by atoms with Crippen LogP contribution in [0.3, 0.4) is 0 Å². The highest BCUT2D eigenvalue weighted by atomic mass is 32.2. The number of ether oxygens (including phenoxy) is 1. The summed E-state index contributed by atoms with van der Waals surface area (Å²) >= 11 is 1.62. The van der Waals surface area contributed by atoms with Crippen LogP contribution in [0.1, 0.15) is 26.7 Å². The monoisotopic (exact) mass is 293 g/mol. The molecular formula is C16H23NO2S. The molecule has 1 fully saturated rings. The fourth-order valence-electron chi connectivity index (χ4n) is 2.56. The smallest absolute Gasteiger partial charge is 0.235 e. The van der Waals surface area contributed by atoms with Crippen molar-refractivity contribution in [1.82, 2.24) is 4.90 Å². The molecule has 0 spiro atoms. The summed E-state index contributed by atoms with van der Waals surface area (Å²) < 4.78 is 5.14. The van der Waals surface area contributed by atoms with Gasteiger partial charge in [0, 0.05) is 18.0 Å². The van der Waals surface area contributed by atoms with E-state index in [1.807, 2.05) is 36.1 Å². The molecule has 0 aromatic heterocycles. The number of likely N-dealkylation sites (tertiary alicyclic amines) is 1. The summed E-state index contributed by atoms with van der Waals surface area (Å²) in [5.41, 5.74) is 0. The average molecular weight is 293 g/mol. The molecule has 0 N–H and O–H groups in total. The van der Waals surface area contributed by atoms with E-state index < -0.39 is 0 Å². The van der Waals surface area contributed by atoms with Crippen molar-refractivity contribution in [2.45, 2.75) is 36.8 Å². The van der Waals surface area contributed by atoms with Crippen molar-refractivity contribution >= 4 is 17.7 Å². The number of carbonyl (C=O) groups is 1. The first kappa shape index (κ1) is 15.2. The van der Waals surface area contributed by atoms with Gasteiger partial charge in [-0.2, -0.15) is 0 Å². The lowest BCUT2D eigenvalue weighted by Gasteiger charge is -2.32. The molecule has 2 unspecified atom stereocenters. The molecule has 2 rings (SSSR count). The average Bonchev–Trinajstić information content (AvgIpc) is 2.47. The first-order chi connectivity index (χ1) is 9.60. The van der Waals surface area contributed by atoms with Crippen molar-refractivity contribution in [3.63, 3.8) is 0 Å². The topological polar surface area (TPSA) is 29.5 Å². The molecule has 0 bridgehead atoms. The van der Waals surface area contributed by atoms with Crippen molar-refractivity contribution in [3.8, 4) is 5.75 Å². The minimum absolute atomic E-state index is 0.0336. The van der Waals surface area contributed by atoms with Gasteiger partial charge >= 0.3 is 0 Å². The molecule has 4 heteroatoms. The first-order valence-electron chi connectivity index (χ1n) is 7.19. The van der Waals surface area contributed by atoms with E-state index in [1.54, 1.807) is 18.9 Å². The van der Waals surface area contributed by atoms with E-state index in [4.69, 9.17) is 4.74 Å². The second kappa shape index (κ2) is 7.02. The normalized spacial score (nSPS) is 20.6. The molecule has 2 atom stereocenters. The van der Waals surface area contributed by atoms with Crippen LogP contribution in [0.5, 0.6) is 5.75 Å². The van der Waals surface area contributed by atoms with Crippen LogP contribution in [0, 0.1) is 5.92 Å². The van der Waals surface area contributed by atoms with Gasteiger partial charge in [-0.1, -0.05) is 6.92 Å². The molecule has 1 aromatic carbocycles. The third-order valence-corrected chi connectivity index (χ3v) is 4.79. The van der Waals surface area contributed by atoms with Gasteiger partial charge in [-0.15, -0.1) is 11.8 Å². The van der Waals surface area contributed by atoms with E-state index in [0.717, 1.165) is 30.2 Å². The molecule has 0 radical (unpaired) electrons. The van der Waals surface area contributed by atoms with Crippen LogP contribution in [0.4, 0.5) is 0 Å². The number of piperidine rings is 1. The van der Waals surface area contributed by atoms with Gasteiger partial charge in [0.2, 0.25) is 5.91 Å². The molecule has 3 nitrogen and oxygen atoms in total. The molecule has 1 saturated heterocycles. The number of carbonyl (C=O) groups excluding carboxylic acids is 1. The second-order valence-corrected chi connectivity index (χ2v) is 6.88. The zero-order valence-electron chi connectivity index (χ0n) is 12.5. The largest absolute Gasteiger partial charge is 0.497 e. The Morgan fingerprint density at radius 1 is 1.40 bits per heavy atom. The number of methoxy groups -OCH3 is 1. The molecule has 1 aliphatic rings. The lowest BCUT2D eigenvalue weighted by Crippen LogP contribution is -2.42. The van der Waals surface area contributed by atoms with Crippen LogP contribution >= 0.6 is 11.8 Å². The second-order valence-electron chi connectivity index (χ2n) is 5.47. The number of hydrogen-bond acceptors (Lipinski definition) is 3. The van der Waals surface area contributed by atoms with Gasteiger partial charge in [-0.25, -0.2) is 0 Å². The Bertz CT molecular complexity index is 446. The Labute approximate surface area is 125 Å². The van der Waals surface area contributed by atoms with E-state index in [1.165, 1.54) is 6.42 Å². The highest BCUT2D eigenvalue weighted by Crippen LogP contribution is 2.27. The lowest BCUT2D eigenvalue weighted by atomic mass is 10.0. The maximum Gasteiger partial charge on any atom is 0.235 e. The molecule has 0 saturated carbocycles. The summed E-state index contributed by atoms with van der Waals surface area (Å²) in [7, 11) is 1.66. The summed E-state index contributed by atoms with van der Waals surface area (Å²) in [6.45, 7) is 6.04. The Morgan fingerprint density at radius 3 is 2.70 bits per heavy atom. The Hall–Kier alpha value is -1.16. The fraction of sp³-hybridized carbons (Fsp3) is 0.562. The van der Waals surface area contributed by atoms with Gasteiger partial charge in [0.25, 0.3) is 0 Å². The number of benzene rings is 1. The van der Waals surface area contributed by atoms with Crippen molar-refractivity contribution < 1.29 is 9.53 Å². The number of nitrogens with zero attached hydrogens (tertiary/aromatic N) is 1. The molecular weight excluding hydrogens is 270 g/mol. The van der Waals surface area contributed by atoms with Crippen LogP contribution < -0.4 is 4.74 Å². The molecule has 0 aliphatic carbocycles. The van der Waals surface area contributed by atoms with Gasteiger partial charge in [0.15, 0.2) is 0 Å². The zero-order chi connectivity index (χ0) is 14.5. The van der Waals surface area contributed by atoms with Crippen molar-refractivity contribution in [3.05, 3.63) is 24.3 Å². The Morgan fingerprint density at radius 2 is 2.10 bits per heavy atom. The molecule has 110 valence electrons. The maximum atomic E-state index is 12.5. The van der Waals surface area contributed by atoms with E-state index in [2.05, 4.69) is 6.92 Å². The van der Waals surface area contributed by atoms with Crippen LogP contribution in [0.2, 0.25) is 0 Å². The Kier molecular flexibility index (Phi) is 5.35. The van der Waals surface area contributed by atoms with Crippen molar-refractivity contribution in [2.24, 2.45) is 5.92 Å². The highest BCUT2D eigenvalue weighted by Gasteiger charge is 2.25. The zero-order valence-corrected chi connectivity index (χ0v) is 13.3. The van der Waals surface area contributed by atoms with Crippen LogP contribution in [0.25, 0.3) is 0 Å². The fourth-order valence-corrected chi connectivity index (χ4v) is 3.51. The van der Waals surface area contributed by atoms with Crippen LogP contribution in [-0.4, -0.2) is 36.3 Å². The SMILES string of the molecule is COc1ccc(SC(C)C(=O)N2CCCC(C)C2)cc1. The van der Waals surface area contributed by atoms with Gasteiger partial charge in [0.05, 0.1) is 12.4 Å². The number of amides is 1. The lowest BCUT2D eigenvalue weighted by molar-refractivity contribution is -0.131. The van der Waals surface area contributed by atoms with Crippen LogP contribution in [-0.2, 0) is 4.79 Å². The minimum Gasteiger partial charge on any atom is -0.497 e. The standard InChI is InChI=1S/C16H23NO2S/c1-12-5-4-10-17(11-12)16(18)13(2)20-15-8-6-14(19-3)7-9-15/h6-9,12-13H,4-5,10-11H2,1-3H3. The maximum absolute atomic E-state index is 12.5. The molecule has 1 heterocycles. The first-order valence-corrected chi connectivity index (χ1v) is 8.07. The van der Waals surface area contributed by atoms with E-state index >= 15 is 0 Å². The van der Waals surface area contributed by atoms with E-state index in [0.29, 0.717) is 5.92 Å². The van der Waals surface area contributed by atoms with Gasteiger partial charge in [0.1, 0.15) is 5.75 Å². The van der Waals surface area contributed by atoms with E-state index in [9.17, 15) is 4.79 Å². The molecule has 20 heavy (non-hydrogen) atoms. The molecule has 1 aliphatic heterocycles. The predicted molar refractivity (Wildman–Crippen MR) is 83.3 cm³/mol. The summed E-state index contributed by atoms with van der Waals surface area (Å²) in [5, 5.41) is -0.0336.